The van der Waals surface area contributed by atoms with E-state index < -0.39 is 40.2 Å². The minimum absolute atomic E-state index is 0.136. The molecule has 5 nitrogen and oxygen atoms in total. The Morgan fingerprint density at radius 1 is 0.935 bits per heavy atom. The van der Waals surface area contributed by atoms with E-state index in [1.165, 1.54) is 0 Å². The average Bonchev–Trinajstić information content (AvgIpc) is 2.73. The molecule has 8 heteroatoms. The molecule has 1 N–H and O–H groups in total. The first-order valence-corrected chi connectivity index (χ1v) is 11.3. The quantitative estimate of drug-likeness (QED) is 0.600. The van der Waals surface area contributed by atoms with Crippen LogP contribution in [0.5, 0.6) is 0 Å². The van der Waals surface area contributed by atoms with Crippen LogP contribution < -0.4 is 9.62 Å². The molecule has 0 aromatic heterocycles. The lowest BCUT2D eigenvalue weighted by molar-refractivity contribution is -0.120. The number of nitrogens with zero attached hydrogens (tertiary/aromatic N) is 1. The Kier molecular flexibility index (Phi) is 6.70. The molecule has 3 rings (SSSR count). The molecule has 0 bridgehead atoms. The lowest BCUT2D eigenvalue weighted by Gasteiger charge is -2.25. The molecule has 0 heterocycles. The molecule has 3 aromatic carbocycles. The van der Waals surface area contributed by atoms with Crippen molar-refractivity contribution in [1.82, 2.24) is 5.32 Å². The zero-order valence-corrected chi connectivity index (χ0v) is 17.9. The number of benzene rings is 3. The Morgan fingerprint density at radius 2 is 1.55 bits per heavy atom. The lowest BCUT2D eigenvalue weighted by Crippen LogP contribution is -2.41. The van der Waals surface area contributed by atoms with Crippen molar-refractivity contribution in [3.8, 4) is 0 Å². The van der Waals surface area contributed by atoms with Crippen LogP contribution in [0.25, 0.3) is 0 Å². The highest BCUT2D eigenvalue weighted by molar-refractivity contribution is 7.92. The van der Waals surface area contributed by atoms with Crippen LogP contribution in [-0.2, 0) is 14.8 Å². The maximum Gasteiger partial charge on any atom is 0.241 e. The maximum atomic E-state index is 13.7. The molecule has 0 spiro atoms. The van der Waals surface area contributed by atoms with Crippen molar-refractivity contribution in [3.63, 3.8) is 0 Å². The Balaban J connectivity index is 1.89. The fraction of sp³-hybridized carbons (Fsp3) is 0.174. The van der Waals surface area contributed by atoms with Gasteiger partial charge in [-0.05, 0) is 30.2 Å². The van der Waals surface area contributed by atoms with Gasteiger partial charge in [-0.15, -0.1) is 0 Å². The van der Waals surface area contributed by atoms with Crippen LogP contribution in [0, 0.1) is 18.6 Å². The van der Waals surface area contributed by atoms with Crippen LogP contribution >= 0.6 is 0 Å². The molecular weight excluding hydrogens is 422 g/mol. The Labute approximate surface area is 180 Å². The number of carbonyl (C=O) groups excluding carboxylic acids is 1. The predicted molar refractivity (Wildman–Crippen MR) is 116 cm³/mol. The largest absolute Gasteiger partial charge is 0.344 e. The summed E-state index contributed by atoms with van der Waals surface area (Å²) < 4.78 is 52.2. The van der Waals surface area contributed by atoms with Crippen LogP contribution in [0.1, 0.15) is 22.7 Å². The summed E-state index contributed by atoms with van der Waals surface area (Å²) in [6.45, 7) is 1.37. The highest BCUT2D eigenvalue weighted by atomic mass is 32.2. The van der Waals surface area contributed by atoms with Gasteiger partial charge in [0.15, 0.2) is 11.6 Å². The van der Waals surface area contributed by atoms with E-state index >= 15 is 0 Å². The van der Waals surface area contributed by atoms with Crippen molar-refractivity contribution < 1.29 is 22.0 Å². The Bertz CT molecular complexity index is 1170. The van der Waals surface area contributed by atoms with Crippen LogP contribution in [0.4, 0.5) is 14.5 Å². The van der Waals surface area contributed by atoms with Gasteiger partial charge in [0.05, 0.1) is 18.0 Å². The van der Waals surface area contributed by atoms with E-state index in [0.29, 0.717) is 0 Å². The van der Waals surface area contributed by atoms with E-state index in [4.69, 9.17) is 0 Å². The van der Waals surface area contributed by atoms with Gasteiger partial charge in [0, 0.05) is 6.07 Å². The third-order valence-electron chi connectivity index (χ3n) is 4.73. The molecule has 1 amide bonds. The number of nitrogens with one attached hydrogen (secondary N) is 1. The number of hydrogen-bond acceptors (Lipinski definition) is 3. The third-order valence-corrected chi connectivity index (χ3v) is 5.87. The number of aryl methyl sites for hydroxylation is 1. The molecule has 31 heavy (non-hydrogen) atoms. The van der Waals surface area contributed by atoms with Gasteiger partial charge in [-0.2, -0.15) is 0 Å². The van der Waals surface area contributed by atoms with Gasteiger partial charge in [0.25, 0.3) is 0 Å². The fourth-order valence-corrected chi connectivity index (χ4v) is 3.99. The van der Waals surface area contributed by atoms with Gasteiger partial charge >= 0.3 is 0 Å². The number of sulfonamides is 1. The number of amides is 1. The van der Waals surface area contributed by atoms with Crippen molar-refractivity contribution in [3.05, 3.63) is 101 Å². The van der Waals surface area contributed by atoms with Crippen molar-refractivity contribution in [1.29, 1.82) is 0 Å². The molecule has 3 aromatic rings. The molecule has 0 aliphatic heterocycles. The molecular formula is C23H22F2N2O3S. The molecule has 162 valence electrons. The number of hydrogen-bond donors (Lipinski definition) is 1. The van der Waals surface area contributed by atoms with E-state index in [2.05, 4.69) is 5.32 Å². The van der Waals surface area contributed by atoms with Gasteiger partial charge in [0.2, 0.25) is 15.9 Å². The van der Waals surface area contributed by atoms with Crippen molar-refractivity contribution in [2.75, 3.05) is 17.1 Å². The van der Waals surface area contributed by atoms with E-state index in [1.807, 2.05) is 61.5 Å². The van der Waals surface area contributed by atoms with Gasteiger partial charge in [-0.25, -0.2) is 17.2 Å². The maximum absolute atomic E-state index is 13.7. The number of halogens is 2. The summed E-state index contributed by atoms with van der Waals surface area (Å²) >= 11 is 0. The highest BCUT2D eigenvalue weighted by Crippen LogP contribution is 2.24. The lowest BCUT2D eigenvalue weighted by atomic mass is 9.98. The van der Waals surface area contributed by atoms with Crippen LogP contribution in [-0.4, -0.2) is 27.1 Å². The summed E-state index contributed by atoms with van der Waals surface area (Å²) in [5.74, 6) is -2.90. The molecule has 1 unspecified atom stereocenters. The molecule has 0 aliphatic carbocycles. The molecule has 0 fully saturated rings. The fourth-order valence-electron chi connectivity index (χ4n) is 3.14. The van der Waals surface area contributed by atoms with Gasteiger partial charge < -0.3 is 5.32 Å². The standard InChI is InChI=1S/C23H22F2N2O3S/c1-16-8-10-18(11-9-16)23(17-6-4-3-5-7-17)26-22(28)15-27(31(2,29)30)19-12-13-20(24)21(25)14-19/h3-14,23H,15H2,1-2H3,(H,26,28). The minimum Gasteiger partial charge on any atom is -0.344 e. The zero-order chi connectivity index (χ0) is 22.6. The third kappa shape index (κ3) is 5.67. The second kappa shape index (κ2) is 9.26. The normalized spacial score (nSPS) is 12.3. The van der Waals surface area contributed by atoms with E-state index in [9.17, 15) is 22.0 Å². The van der Waals surface area contributed by atoms with E-state index in [0.717, 1.165) is 45.5 Å². The summed E-state index contributed by atoms with van der Waals surface area (Å²) in [6, 6.07) is 19.0. The second-order valence-electron chi connectivity index (χ2n) is 7.19. The van der Waals surface area contributed by atoms with E-state index in [-0.39, 0.29) is 5.69 Å². The molecule has 0 aliphatic rings. The summed E-state index contributed by atoms with van der Waals surface area (Å²) in [7, 11) is -3.93. The number of rotatable bonds is 7. The zero-order valence-electron chi connectivity index (χ0n) is 17.0. The van der Waals surface area contributed by atoms with Gasteiger partial charge in [0.1, 0.15) is 6.54 Å². The topological polar surface area (TPSA) is 66.5 Å². The summed E-state index contributed by atoms with van der Waals surface area (Å²) in [5.41, 5.74) is 2.56. The first-order chi connectivity index (χ1) is 14.6. The summed E-state index contributed by atoms with van der Waals surface area (Å²) in [6.07, 6.45) is 0.899. The molecule has 1 atom stereocenters. The van der Waals surface area contributed by atoms with Crippen molar-refractivity contribution in [2.45, 2.75) is 13.0 Å². The van der Waals surface area contributed by atoms with Gasteiger partial charge in [-0.3, -0.25) is 9.10 Å². The van der Waals surface area contributed by atoms with Crippen LogP contribution in [0.15, 0.2) is 72.8 Å². The molecule has 0 radical (unpaired) electrons. The predicted octanol–water partition coefficient (Wildman–Crippen LogP) is 3.95. The monoisotopic (exact) mass is 444 g/mol. The summed E-state index contributed by atoms with van der Waals surface area (Å²) in [5, 5.41) is 2.85. The molecule has 0 saturated heterocycles. The molecule has 0 saturated carbocycles. The van der Waals surface area contributed by atoms with Crippen molar-refractivity contribution in [2.24, 2.45) is 0 Å². The van der Waals surface area contributed by atoms with Crippen LogP contribution in [0.2, 0.25) is 0 Å². The highest BCUT2D eigenvalue weighted by Gasteiger charge is 2.24. The minimum atomic E-state index is -3.93. The second-order valence-corrected chi connectivity index (χ2v) is 9.10. The van der Waals surface area contributed by atoms with Crippen molar-refractivity contribution >= 4 is 21.6 Å². The number of carbonyl (C=O) groups is 1. The SMILES string of the molecule is Cc1ccc(C(NC(=O)CN(c2ccc(F)c(F)c2)S(C)(=O)=O)c2ccccc2)cc1. The first-order valence-electron chi connectivity index (χ1n) is 9.49. The Morgan fingerprint density at radius 3 is 2.13 bits per heavy atom. The average molecular weight is 445 g/mol. The Hall–Kier alpha value is -3.26. The summed E-state index contributed by atoms with van der Waals surface area (Å²) in [4.78, 5) is 12.9. The smallest absolute Gasteiger partial charge is 0.241 e. The van der Waals surface area contributed by atoms with Crippen LogP contribution in [0.3, 0.4) is 0 Å². The van der Waals surface area contributed by atoms with Gasteiger partial charge in [-0.1, -0.05) is 60.2 Å². The number of anilines is 1. The first kappa shape index (κ1) is 22.4. The van der Waals surface area contributed by atoms with E-state index in [1.54, 1.807) is 0 Å².